The standard InChI is InChI=1S/C15H23NO3/c1-4-16(11-15(2,3)17)10-12-5-6-13-14(9-12)19-8-7-18-13/h5-6,9,17H,4,7-8,10-11H2,1-3H3. The summed E-state index contributed by atoms with van der Waals surface area (Å²) in [4.78, 5) is 2.21. The second kappa shape index (κ2) is 5.80. The zero-order valence-corrected chi connectivity index (χ0v) is 12.0. The van der Waals surface area contributed by atoms with E-state index in [9.17, 15) is 5.11 Å². The zero-order valence-electron chi connectivity index (χ0n) is 12.0. The van der Waals surface area contributed by atoms with Crippen LogP contribution >= 0.6 is 0 Å². The van der Waals surface area contributed by atoms with Crippen molar-refractivity contribution in [2.24, 2.45) is 0 Å². The first-order chi connectivity index (χ1) is 8.98. The lowest BCUT2D eigenvalue weighted by atomic mass is 10.1. The summed E-state index contributed by atoms with van der Waals surface area (Å²) in [6.07, 6.45) is 0. The summed E-state index contributed by atoms with van der Waals surface area (Å²) < 4.78 is 11.1. The number of hydrogen-bond donors (Lipinski definition) is 1. The van der Waals surface area contributed by atoms with Crippen LogP contribution in [-0.4, -0.2) is 41.9 Å². The molecule has 1 aliphatic heterocycles. The number of aliphatic hydroxyl groups is 1. The molecule has 1 N–H and O–H groups in total. The fourth-order valence-electron chi connectivity index (χ4n) is 2.27. The monoisotopic (exact) mass is 265 g/mol. The van der Waals surface area contributed by atoms with Crippen LogP contribution in [-0.2, 0) is 6.54 Å². The first kappa shape index (κ1) is 14.2. The van der Waals surface area contributed by atoms with Gasteiger partial charge in [0.15, 0.2) is 11.5 Å². The molecule has 0 radical (unpaired) electrons. The van der Waals surface area contributed by atoms with Crippen LogP contribution in [0.25, 0.3) is 0 Å². The van der Waals surface area contributed by atoms with Crippen molar-refractivity contribution in [1.82, 2.24) is 4.90 Å². The summed E-state index contributed by atoms with van der Waals surface area (Å²) in [5, 5.41) is 9.90. The average molecular weight is 265 g/mol. The third-order valence-electron chi connectivity index (χ3n) is 3.07. The molecule has 0 spiro atoms. The Hall–Kier alpha value is -1.26. The lowest BCUT2D eigenvalue weighted by Gasteiger charge is -2.28. The number of ether oxygens (including phenoxy) is 2. The van der Waals surface area contributed by atoms with Crippen molar-refractivity contribution in [3.63, 3.8) is 0 Å². The summed E-state index contributed by atoms with van der Waals surface area (Å²) in [6.45, 7) is 9.35. The van der Waals surface area contributed by atoms with Gasteiger partial charge < -0.3 is 14.6 Å². The molecule has 0 amide bonds. The second-order valence-electron chi connectivity index (χ2n) is 5.59. The number of nitrogens with zero attached hydrogens (tertiary/aromatic N) is 1. The van der Waals surface area contributed by atoms with E-state index < -0.39 is 5.60 Å². The van der Waals surface area contributed by atoms with Gasteiger partial charge in [-0.25, -0.2) is 0 Å². The maximum Gasteiger partial charge on any atom is 0.161 e. The Kier molecular flexibility index (Phi) is 4.32. The fourth-order valence-corrected chi connectivity index (χ4v) is 2.27. The van der Waals surface area contributed by atoms with Crippen LogP contribution in [0.15, 0.2) is 18.2 Å². The molecule has 4 heteroatoms. The lowest BCUT2D eigenvalue weighted by molar-refractivity contribution is 0.0353. The Balaban J connectivity index is 2.05. The van der Waals surface area contributed by atoms with E-state index >= 15 is 0 Å². The number of benzene rings is 1. The van der Waals surface area contributed by atoms with Gasteiger partial charge in [-0.15, -0.1) is 0 Å². The molecule has 1 aromatic rings. The van der Waals surface area contributed by atoms with Crippen molar-refractivity contribution >= 4 is 0 Å². The highest BCUT2D eigenvalue weighted by Crippen LogP contribution is 2.31. The Morgan fingerprint density at radius 1 is 1.21 bits per heavy atom. The smallest absolute Gasteiger partial charge is 0.161 e. The number of hydrogen-bond acceptors (Lipinski definition) is 4. The minimum Gasteiger partial charge on any atom is -0.486 e. The molecule has 1 aromatic carbocycles. The molecule has 106 valence electrons. The van der Waals surface area contributed by atoms with Crippen LogP contribution in [0.4, 0.5) is 0 Å². The van der Waals surface area contributed by atoms with E-state index in [4.69, 9.17) is 9.47 Å². The lowest BCUT2D eigenvalue weighted by Crippen LogP contribution is -2.38. The minimum atomic E-state index is -0.677. The quantitative estimate of drug-likeness (QED) is 0.885. The average Bonchev–Trinajstić information content (AvgIpc) is 2.36. The van der Waals surface area contributed by atoms with E-state index in [-0.39, 0.29) is 0 Å². The first-order valence-corrected chi connectivity index (χ1v) is 6.81. The maximum atomic E-state index is 9.90. The van der Waals surface area contributed by atoms with E-state index in [1.54, 1.807) is 0 Å². The van der Waals surface area contributed by atoms with E-state index in [0.717, 1.165) is 24.6 Å². The van der Waals surface area contributed by atoms with Gasteiger partial charge in [0.2, 0.25) is 0 Å². The van der Waals surface area contributed by atoms with Crippen LogP contribution in [0.5, 0.6) is 11.5 Å². The highest BCUT2D eigenvalue weighted by atomic mass is 16.6. The van der Waals surface area contributed by atoms with Gasteiger partial charge in [-0.2, -0.15) is 0 Å². The molecule has 0 saturated carbocycles. The molecule has 0 aliphatic carbocycles. The van der Waals surface area contributed by atoms with Crippen LogP contribution in [0.2, 0.25) is 0 Å². The Morgan fingerprint density at radius 3 is 2.53 bits per heavy atom. The maximum absolute atomic E-state index is 9.90. The van der Waals surface area contributed by atoms with Gasteiger partial charge >= 0.3 is 0 Å². The molecule has 19 heavy (non-hydrogen) atoms. The number of likely N-dealkylation sites (N-methyl/N-ethyl adjacent to an activating group) is 1. The third-order valence-corrected chi connectivity index (χ3v) is 3.07. The van der Waals surface area contributed by atoms with Gasteiger partial charge in [0.1, 0.15) is 13.2 Å². The molecular formula is C15H23NO3. The molecule has 2 rings (SSSR count). The topological polar surface area (TPSA) is 41.9 Å². The van der Waals surface area contributed by atoms with Crippen LogP contribution in [0.3, 0.4) is 0 Å². The summed E-state index contributed by atoms with van der Waals surface area (Å²) >= 11 is 0. The SMILES string of the molecule is CCN(Cc1ccc2c(c1)OCCO2)CC(C)(C)O. The molecule has 0 atom stereocenters. The van der Waals surface area contributed by atoms with Crippen molar-refractivity contribution in [3.8, 4) is 11.5 Å². The van der Waals surface area contributed by atoms with Gasteiger partial charge in [-0.3, -0.25) is 4.90 Å². The van der Waals surface area contributed by atoms with Crippen LogP contribution in [0, 0.1) is 0 Å². The molecule has 1 heterocycles. The highest BCUT2D eigenvalue weighted by Gasteiger charge is 2.18. The van der Waals surface area contributed by atoms with Crippen molar-refractivity contribution in [2.45, 2.75) is 32.9 Å². The van der Waals surface area contributed by atoms with Crippen molar-refractivity contribution < 1.29 is 14.6 Å². The van der Waals surface area contributed by atoms with Gasteiger partial charge in [0.25, 0.3) is 0 Å². The van der Waals surface area contributed by atoms with Crippen molar-refractivity contribution in [2.75, 3.05) is 26.3 Å². The van der Waals surface area contributed by atoms with Gasteiger partial charge in [-0.05, 0) is 38.1 Å². The van der Waals surface area contributed by atoms with Gasteiger partial charge in [0.05, 0.1) is 5.60 Å². The molecule has 0 saturated heterocycles. The molecule has 0 aromatic heterocycles. The number of fused-ring (bicyclic) bond motifs is 1. The van der Waals surface area contributed by atoms with E-state index in [1.807, 2.05) is 26.0 Å². The van der Waals surface area contributed by atoms with Crippen molar-refractivity contribution in [1.29, 1.82) is 0 Å². The summed E-state index contributed by atoms with van der Waals surface area (Å²) in [5.74, 6) is 1.64. The summed E-state index contributed by atoms with van der Waals surface area (Å²) in [5.41, 5.74) is 0.499. The predicted octanol–water partition coefficient (Wildman–Crippen LogP) is 2.05. The Labute approximate surface area is 114 Å². The minimum absolute atomic E-state index is 0.609. The zero-order chi connectivity index (χ0) is 13.9. The van der Waals surface area contributed by atoms with E-state index in [0.29, 0.717) is 19.8 Å². The fraction of sp³-hybridized carbons (Fsp3) is 0.600. The summed E-state index contributed by atoms with van der Waals surface area (Å²) in [6, 6.07) is 6.05. The first-order valence-electron chi connectivity index (χ1n) is 6.81. The highest BCUT2D eigenvalue weighted by molar-refractivity contribution is 5.43. The van der Waals surface area contributed by atoms with E-state index in [2.05, 4.69) is 17.9 Å². The van der Waals surface area contributed by atoms with E-state index in [1.165, 1.54) is 5.56 Å². The van der Waals surface area contributed by atoms with Crippen LogP contribution in [0.1, 0.15) is 26.3 Å². The Morgan fingerprint density at radius 2 is 1.89 bits per heavy atom. The Bertz CT molecular complexity index is 426. The molecule has 0 fully saturated rings. The molecule has 1 aliphatic rings. The molecule has 4 nitrogen and oxygen atoms in total. The number of rotatable bonds is 5. The molecule has 0 bridgehead atoms. The van der Waals surface area contributed by atoms with Crippen molar-refractivity contribution in [3.05, 3.63) is 23.8 Å². The normalized spacial score (nSPS) is 14.8. The third kappa shape index (κ3) is 4.11. The van der Waals surface area contributed by atoms with Gasteiger partial charge in [-0.1, -0.05) is 13.0 Å². The second-order valence-corrected chi connectivity index (χ2v) is 5.59. The predicted molar refractivity (Wildman–Crippen MR) is 74.7 cm³/mol. The molecule has 0 unspecified atom stereocenters. The van der Waals surface area contributed by atoms with Gasteiger partial charge in [0, 0.05) is 13.1 Å². The van der Waals surface area contributed by atoms with Crippen LogP contribution < -0.4 is 9.47 Å². The summed E-state index contributed by atoms with van der Waals surface area (Å²) in [7, 11) is 0. The largest absolute Gasteiger partial charge is 0.486 e. The molecular weight excluding hydrogens is 242 g/mol.